The summed E-state index contributed by atoms with van der Waals surface area (Å²) in [5.41, 5.74) is 0.996. The highest BCUT2D eigenvalue weighted by Crippen LogP contribution is 2.33. The number of benzene rings is 1. The predicted molar refractivity (Wildman–Crippen MR) is 84.8 cm³/mol. The van der Waals surface area contributed by atoms with Crippen LogP contribution in [0.5, 0.6) is 5.75 Å². The van der Waals surface area contributed by atoms with Gasteiger partial charge in [-0.3, -0.25) is 14.6 Å². The molecule has 5 heteroatoms. The number of carbonyl (C=O) groups excluding carboxylic acids is 2. The summed E-state index contributed by atoms with van der Waals surface area (Å²) in [5, 5.41) is 0. The number of hydrogen-bond donors (Lipinski definition) is 0. The minimum Gasteiger partial charge on any atom is -0.492 e. The first-order chi connectivity index (χ1) is 10.7. The van der Waals surface area contributed by atoms with Crippen LogP contribution in [0.15, 0.2) is 47.5 Å². The van der Waals surface area contributed by atoms with Gasteiger partial charge in [0.1, 0.15) is 11.4 Å². The average molecular weight is 313 g/mol. The third kappa shape index (κ3) is 3.36. The fourth-order valence-electron chi connectivity index (χ4n) is 2.24. The van der Waals surface area contributed by atoms with E-state index in [0.717, 1.165) is 16.4 Å². The van der Waals surface area contributed by atoms with Crippen molar-refractivity contribution in [3.63, 3.8) is 0 Å². The molecular weight excluding hydrogens is 298 g/mol. The molecule has 2 aromatic rings. The Hall–Kier alpha value is -2.14. The van der Waals surface area contributed by atoms with Gasteiger partial charge in [0.05, 0.1) is 6.61 Å². The van der Waals surface area contributed by atoms with E-state index < -0.39 is 0 Å². The molecule has 0 N–H and O–H groups in total. The van der Waals surface area contributed by atoms with Gasteiger partial charge in [-0.2, -0.15) is 0 Å². The van der Waals surface area contributed by atoms with E-state index >= 15 is 0 Å². The van der Waals surface area contributed by atoms with E-state index in [1.54, 1.807) is 48.3 Å². The van der Waals surface area contributed by atoms with Crippen LogP contribution in [0.25, 0.3) is 0 Å². The summed E-state index contributed by atoms with van der Waals surface area (Å²) < 4.78 is 5.56. The van der Waals surface area contributed by atoms with Crippen molar-refractivity contribution < 1.29 is 14.3 Å². The molecule has 3 rings (SSSR count). The van der Waals surface area contributed by atoms with E-state index in [-0.39, 0.29) is 24.4 Å². The Kier molecular flexibility index (Phi) is 4.53. The molecule has 4 nitrogen and oxygen atoms in total. The van der Waals surface area contributed by atoms with Crippen LogP contribution in [0.3, 0.4) is 0 Å². The molecule has 1 aliphatic rings. The number of rotatable bonds is 5. The first kappa shape index (κ1) is 14.8. The average Bonchev–Trinajstić information content (AvgIpc) is 2.59. The number of aromatic nitrogens is 1. The second-order valence-electron chi connectivity index (χ2n) is 4.92. The van der Waals surface area contributed by atoms with Crippen LogP contribution >= 0.6 is 11.8 Å². The van der Waals surface area contributed by atoms with Gasteiger partial charge >= 0.3 is 0 Å². The second-order valence-corrected chi connectivity index (χ2v) is 6.06. The summed E-state index contributed by atoms with van der Waals surface area (Å²) in [6.07, 6.45) is 1.93. The Labute approximate surface area is 132 Å². The molecule has 0 fully saturated rings. The number of carbonyl (C=O) groups is 2. The van der Waals surface area contributed by atoms with Crippen molar-refractivity contribution in [3.8, 4) is 5.75 Å². The van der Waals surface area contributed by atoms with Crippen molar-refractivity contribution in [2.45, 2.75) is 17.7 Å². The molecule has 1 aromatic heterocycles. The Balaban J connectivity index is 1.64. The predicted octanol–water partition coefficient (Wildman–Crippen LogP) is 3.41. The molecule has 22 heavy (non-hydrogen) atoms. The number of hydrogen-bond acceptors (Lipinski definition) is 5. The van der Waals surface area contributed by atoms with Crippen LogP contribution in [0.1, 0.15) is 33.7 Å². The van der Waals surface area contributed by atoms with Crippen LogP contribution in [0.2, 0.25) is 0 Å². The van der Waals surface area contributed by atoms with Gasteiger partial charge in [-0.15, -0.1) is 11.8 Å². The third-order valence-corrected chi connectivity index (χ3v) is 4.41. The van der Waals surface area contributed by atoms with Gasteiger partial charge in [0, 0.05) is 35.3 Å². The fourth-order valence-corrected chi connectivity index (χ4v) is 3.05. The van der Waals surface area contributed by atoms with Crippen molar-refractivity contribution in [3.05, 3.63) is 53.9 Å². The second kappa shape index (κ2) is 6.75. The molecular formula is C17H15NO3S. The number of nitrogens with zero attached hydrogens (tertiary/aromatic N) is 1. The first-order valence-electron chi connectivity index (χ1n) is 7.11. The van der Waals surface area contributed by atoms with Crippen molar-refractivity contribution in [1.82, 2.24) is 4.98 Å². The molecule has 0 radical (unpaired) electrons. The van der Waals surface area contributed by atoms with Gasteiger partial charge < -0.3 is 4.74 Å². The zero-order chi connectivity index (χ0) is 15.4. The maximum absolute atomic E-state index is 12.2. The van der Waals surface area contributed by atoms with Crippen LogP contribution in [0, 0.1) is 0 Å². The Morgan fingerprint density at radius 2 is 2.00 bits per heavy atom. The van der Waals surface area contributed by atoms with E-state index in [4.69, 9.17) is 4.74 Å². The summed E-state index contributed by atoms with van der Waals surface area (Å²) in [6, 6.07) is 10.7. The van der Waals surface area contributed by atoms with Gasteiger partial charge in [-0.05, 0) is 24.3 Å². The first-order valence-corrected chi connectivity index (χ1v) is 8.10. The molecule has 0 atom stereocenters. The lowest BCUT2D eigenvalue weighted by Crippen LogP contribution is -2.09. The molecule has 1 aliphatic heterocycles. The molecule has 2 heterocycles. The zero-order valence-electron chi connectivity index (χ0n) is 12.0. The van der Waals surface area contributed by atoms with Crippen molar-refractivity contribution in [2.24, 2.45) is 0 Å². The smallest absolute Gasteiger partial charge is 0.181 e. The monoisotopic (exact) mass is 313 g/mol. The SMILES string of the molecule is O=C(CCC(=O)c1ccccn1)c1ccc2c(c1)OCCS2. The van der Waals surface area contributed by atoms with Crippen molar-refractivity contribution in [1.29, 1.82) is 0 Å². The maximum atomic E-state index is 12.2. The normalized spacial score (nSPS) is 13.1. The lowest BCUT2D eigenvalue weighted by molar-refractivity contribution is 0.0914. The zero-order valence-corrected chi connectivity index (χ0v) is 12.8. The summed E-state index contributed by atoms with van der Waals surface area (Å²) in [5.74, 6) is 1.53. The minimum absolute atomic E-state index is 0.0498. The topological polar surface area (TPSA) is 56.3 Å². The number of fused-ring (bicyclic) bond motifs is 1. The van der Waals surface area contributed by atoms with Gasteiger partial charge in [-0.1, -0.05) is 12.1 Å². The largest absolute Gasteiger partial charge is 0.492 e. The van der Waals surface area contributed by atoms with E-state index in [1.807, 2.05) is 6.07 Å². The van der Waals surface area contributed by atoms with E-state index in [1.165, 1.54) is 0 Å². The number of thioether (sulfide) groups is 1. The summed E-state index contributed by atoms with van der Waals surface area (Å²) in [4.78, 5) is 29.3. The number of pyridine rings is 1. The lowest BCUT2D eigenvalue weighted by atomic mass is 10.0. The quantitative estimate of drug-likeness (QED) is 0.792. The van der Waals surface area contributed by atoms with Gasteiger partial charge in [0.25, 0.3) is 0 Å². The van der Waals surface area contributed by atoms with Crippen LogP contribution < -0.4 is 4.74 Å². The number of Topliss-reactive ketones (excluding diaryl/α,β-unsaturated/α-hetero) is 2. The van der Waals surface area contributed by atoms with Crippen molar-refractivity contribution >= 4 is 23.3 Å². The minimum atomic E-state index is -0.112. The Morgan fingerprint density at radius 3 is 2.82 bits per heavy atom. The fraction of sp³-hybridized carbons (Fsp3) is 0.235. The van der Waals surface area contributed by atoms with E-state index in [0.29, 0.717) is 17.9 Å². The molecule has 112 valence electrons. The van der Waals surface area contributed by atoms with Crippen LogP contribution in [0.4, 0.5) is 0 Å². The molecule has 0 unspecified atom stereocenters. The maximum Gasteiger partial charge on any atom is 0.181 e. The van der Waals surface area contributed by atoms with Crippen LogP contribution in [-0.4, -0.2) is 28.9 Å². The Morgan fingerprint density at radius 1 is 1.14 bits per heavy atom. The lowest BCUT2D eigenvalue weighted by Gasteiger charge is -2.17. The molecule has 0 spiro atoms. The molecule has 0 amide bonds. The molecule has 0 bridgehead atoms. The Bertz CT molecular complexity index is 700. The number of ketones is 2. The van der Waals surface area contributed by atoms with Gasteiger partial charge in [0.2, 0.25) is 0 Å². The van der Waals surface area contributed by atoms with Gasteiger partial charge in [0.15, 0.2) is 11.6 Å². The van der Waals surface area contributed by atoms with Gasteiger partial charge in [-0.25, -0.2) is 0 Å². The van der Waals surface area contributed by atoms with E-state index in [2.05, 4.69) is 4.98 Å². The van der Waals surface area contributed by atoms with Crippen molar-refractivity contribution in [2.75, 3.05) is 12.4 Å². The molecule has 0 saturated carbocycles. The summed E-state index contributed by atoms with van der Waals surface area (Å²) in [7, 11) is 0. The third-order valence-electron chi connectivity index (χ3n) is 3.39. The molecule has 0 saturated heterocycles. The summed E-state index contributed by atoms with van der Waals surface area (Å²) in [6.45, 7) is 0.660. The van der Waals surface area contributed by atoms with Crippen LogP contribution in [-0.2, 0) is 0 Å². The standard InChI is InChI=1S/C17H15NO3S/c19-14(5-6-15(20)13-3-1-2-8-18-13)12-4-7-17-16(11-12)21-9-10-22-17/h1-4,7-8,11H,5-6,9-10H2. The highest BCUT2D eigenvalue weighted by molar-refractivity contribution is 7.99. The molecule has 1 aromatic carbocycles. The highest BCUT2D eigenvalue weighted by atomic mass is 32.2. The number of ether oxygens (including phenoxy) is 1. The molecule has 0 aliphatic carbocycles. The van der Waals surface area contributed by atoms with E-state index in [9.17, 15) is 9.59 Å². The highest BCUT2D eigenvalue weighted by Gasteiger charge is 2.16. The summed E-state index contributed by atoms with van der Waals surface area (Å²) >= 11 is 1.73.